The van der Waals surface area contributed by atoms with Gasteiger partial charge in [-0.3, -0.25) is 4.31 Å². The SMILES string of the molecule is CN(c1ccccn1)S(=O)(=O)CC1CCNC1. The van der Waals surface area contributed by atoms with Gasteiger partial charge in [-0.1, -0.05) is 6.07 Å². The Morgan fingerprint density at radius 1 is 1.53 bits per heavy atom. The minimum atomic E-state index is -3.27. The molecule has 1 aliphatic heterocycles. The highest BCUT2D eigenvalue weighted by Gasteiger charge is 2.26. The number of rotatable bonds is 4. The third kappa shape index (κ3) is 2.95. The maximum atomic E-state index is 12.1. The molecule has 0 saturated carbocycles. The summed E-state index contributed by atoms with van der Waals surface area (Å²) in [5.41, 5.74) is 0. The molecule has 94 valence electrons. The fourth-order valence-corrected chi connectivity index (χ4v) is 3.45. The number of nitrogens with one attached hydrogen (secondary N) is 1. The zero-order valence-electron chi connectivity index (χ0n) is 9.83. The average molecular weight is 255 g/mol. The lowest BCUT2D eigenvalue weighted by Gasteiger charge is -2.20. The fourth-order valence-electron chi connectivity index (χ4n) is 1.95. The lowest BCUT2D eigenvalue weighted by atomic mass is 10.2. The molecule has 1 fully saturated rings. The van der Waals surface area contributed by atoms with E-state index < -0.39 is 10.0 Å². The van der Waals surface area contributed by atoms with E-state index in [4.69, 9.17) is 0 Å². The first-order chi connectivity index (χ1) is 8.09. The molecule has 1 unspecified atom stereocenters. The van der Waals surface area contributed by atoms with Crippen molar-refractivity contribution in [2.45, 2.75) is 6.42 Å². The second-order valence-electron chi connectivity index (χ2n) is 4.29. The van der Waals surface area contributed by atoms with E-state index in [1.807, 2.05) is 0 Å². The van der Waals surface area contributed by atoms with Crippen molar-refractivity contribution in [1.29, 1.82) is 0 Å². The van der Waals surface area contributed by atoms with Crippen LogP contribution in [0.1, 0.15) is 6.42 Å². The molecule has 1 aromatic rings. The Bertz CT molecular complexity index is 455. The maximum absolute atomic E-state index is 12.1. The Morgan fingerprint density at radius 2 is 2.35 bits per heavy atom. The van der Waals surface area contributed by atoms with Gasteiger partial charge in [0, 0.05) is 13.2 Å². The van der Waals surface area contributed by atoms with E-state index in [0.29, 0.717) is 5.82 Å². The molecule has 0 aliphatic carbocycles. The largest absolute Gasteiger partial charge is 0.316 e. The summed E-state index contributed by atoms with van der Waals surface area (Å²) in [6, 6.07) is 5.25. The molecule has 1 N–H and O–H groups in total. The molecule has 0 radical (unpaired) electrons. The molecule has 1 aromatic heterocycles. The molecule has 1 saturated heterocycles. The van der Waals surface area contributed by atoms with Gasteiger partial charge in [0.1, 0.15) is 5.82 Å². The molecule has 0 bridgehead atoms. The van der Waals surface area contributed by atoms with Gasteiger partial charge in [-0.05, 0) is 37.6 Å². The molecule has 5 nitrogen and oxygen atoms in total. The summed E-state index contributed by atoms with van der Waals surface area (Å²) in [5.74, 6) is 0.872. The van der Waals surface area contributed by atoms with E-state index in [9.17, 15) is 8.42 Å². The lowest BCUT2D eigenvalue weighted by Crippen LogP contribution is -2.33. The lowest BCUT2D eigenvalue weighted by molar-refractivity contribution is 0.568. The van der Waals surface area contributed by atoms with Gasteiger partial charge < -0.3 is 5.32 Å². The van der Waals surface area contributed by atoms with E-state index in [0.717, 1.165) is 19.5 Å². The topological polar surface area (TPSA) is 62.3 Å². The van der Waals surface area contributed by atoms with Gasteiger partial charge in [-0.15, -0.1) is 0 Å². The van der Waals surface area contributed by atoms with Crippen molar-refractivity contribution in [3.05, 3.63) is 24.4 Å². The zero-order valence-corrected chi connectivity index (χ0v) is 10.7. The number of anilines is 1. The average Bonchev–Trinajstić information content (AvgIpc) is 2.81. The van der Waals surface area contributed by atoms with Crippen LogP contribution in [0.5, 0.6) is 0 Å². The first-order valence-electron chi connectivity index (χ1n) is 5.68. The van der Waals surface area contributed by atoms with Crippen molar-refractivity contribution in [3.63, 3.8) is 0 Å². The van der Waals surface area contributed by atoms with Crippen LogP contribution in [0.3, 0.4) is 0 Å². The van der Waals surface area contributed by atoms with Gasteiger partial charge in [0.15, 0.2) is 0 Å². The fraction of sp³-hybridized carbons (Fsp3) is 0.545. The van der Waals surface area contributed by atoms with Crippen LogP contribution in [-0.4, -0.2) is 39.3 Å². The van der Waals surface area contributed by atoms with Crippen LogP contribution in [0.15, 0.2) is 24.4 Å². The summed E-state index contributed by atoms with van der Waals surface area (Å²) >= 11 is 0. The van der Waals surface area contributed by atoms with Crippen LogP contribution in [0.25, 0.3) is 0 Å². The summed E-state index contributed by atoms with van der Waals surface area (Å²) < 4.78 is 25.6. The van der Waals surface area contributed by atoms with Crippen LogP contribution in [0.4, 0.5) is 5.82 Å². The minimum absolute atomic E-state index is 0.188. The van der Waals surface area contributed by atoms with Gasteiger partial charge >= 0.3 is 0 Å². The van der Waals surface area contributed by atoms with Crippen LogP contribution in [0.2, 0.25) is 0 Å². The summed E-state index contributed by atoms with van der Waals surface area (Å²) in [6.07, 6.45) is 2.52. The van der Waals surface area contributed by atoms with Crippen molar-refractivity contribution in [3.8, 4) is 0 Å². The Balaban J connectivity index is 2.09. The summed E-state index contributed by atoms with van der Waals surface area (Å²) in [4.78, 5) is 4.05. The smallest absolute Gasteiger partial charge is 0.236 e. The third-order valence-electron chi connectivity index (χ3n) is 3.00. The molecule has 0 aromatic carbocycles. The monoisotopic (exact) mass is 255 g/mol. The van der Waals surface area contributed by atoms with Gasteiger partial charge in [0.25, 0.3) is 0 Å². The van der Waals surface area contributed by atoms with Crippen molar-refractivity contribution in [2.24, 2.45) is 5.92 Å². The third-order valence-corrected chi connectivity index (χ3v) is 4.91. The second-order valence-corrected chi connectivity index (χ2v) is 6.34. The Kier molecular flexibility index (Phi) is 3.63. The van der Waals surface area contributed by atoms with Crippen LogP contribution in [-0.2, 0) is 10.0 Å². The highest BCUT2D eigenvalue weighted by Crippen LogP contribution is 2.17. The molecule has 0 spiro atoms. The van der Waals surface area contributed by atoms with E-state index in [1.165, 1.54) is 4.31 Å². The predicted molar refractivity (Wildman–Crippen MR) is 67.4 cm³/mol. The quantitative estimate of drug-likeness (QED) is 0.849. The Labute approximate surface area is 102 Å². The van der Waals surface area contributed by atoms with E-state index in [2.05, 4.69) is 10.3 Å². The molecule has 2 heterocycles. The molecule has 6 heteroatoms. The molecular formula is C11H17N3O2S. The van der Waals surface area contributed by atoms with Gasteiger partial charge in [-0.25, -0.2) is 13.4 Å². The number of sulfonamides is 1. The van der Waals surface area contributed by atoms with E-state index >= 15 is 0 Å². The Hall–Kier alpha value is -1.14. The second kappa shape index (κ2) is 5.01. The highest BCUT2D eigenvalue weighted by atomic mass is 32.2. The van der Waals surface area contributed by atoms with Crippen molar-refractivity contribution >= 4 is 15.8 Å². The van der Waals surface area contributed by atoms with E-state index in [1.54, 1.807) is 31.4 Å². The molecule has 1 atom stereocenters. The number of aromatic nitrogens is 1. The molecule has 1 aliphatic rings. The molecular weight excluding hydrogens is 238 g/mol. The number of pyridine rings is 1. The predicted octanol–water partition coefficient (Wildman–Crippen LogP) is 0.457. The van der Waals surface area contributed by atoms with Crippen LogP contribution in [0, 0.1) is 5.92 Å². The summed E-state index contributed by atoms with van der Waals surface area (Å²) in [5, 5.41) is 3.18. The standard InChI is InChI=1S/C11H17N3O2S/c1-14(11-4-2-3-6-13-11)17(15,16)9-10-5-7-12-8-10/h2-4,6,10,12H,5,7-9H2,1H3. The first kappa shape index (κ1) is 12.3. The summed E-state index contributed by atoms with van der Waals surface area (Å²) in [6.45, 7) is 1.70. The number of nitrogens with zero attached hydrogens (tertiary/aromatic N) is 2. The Morgan fingerprint density at radius 3 is 2.94 bits per heavy atom. The van der Waals surface area contributed by atoms with Crippen molar-refractivity contribution in [1.82, 2.24) is 10.3 Å². The number of hydrogen-bond acceptors (Lipinski definition) is 4. The van der Waals surface area contributed by atoms with Crippen molar-refractivity contribution in [2.75, 3.05) is 30.2 Å². The van der Waals surface area contributed by atoms with Crippen LogP contribution >= 0.6 is 0 Å². The molecule has 17 heavy (non-hydrogen) atoms. The molecule has 2 rings (SSSR count). The van der Waals surface area contributed by atoms with E-state index in [-0.39, 0.29) is 11.7 Å². The zero-order chi connectivity index (χ0) is 12.3. The van der Waals surface area contributed by atoms with Gasteiger partial charge in [0.2, 0.25) is 10.0 Å². The van der Waals surface area contributed by atoms with Crippen molar-refractivity contribution < 1.29 is 8.42 Å². The maximum Gasteiger partial charge on any atom is 0.236 e. The first-order valence-corrected chi connectivity index (χ1v) is 7.29. The highest BCUT2D eigenvalue weighted by molar-refractivity contribution is 7.92. The van der Waals surface area contributed by atoms with Crippen LogP contribution < -0.4 is 9.62 Å². The summed E-state index contributed by atoms with van der Waals surface area (Å²) in [7, 11) is -1.71. The number of hydrogen-bond donors (Lipinski definition) is 1. The molecule has 0 amide bonds. The van der Waals surface area contributed by atoms with Gasteiger partial charge in [0.05, 0.1) is 5.75 Å². The normalized spacial score (nSPS) is 20.4. The van der Waals surface area contributed by atoms with Gasteiger partial charge in [-0.2, -0.15) is 0 Å². The minimum Gasteiger partial charge on any atom is -0.316 e.